The van der Waals surface area contributed by atoms with Crippen molar-refractivity contribution in [2.24, 2.45) is 0 Å². The minimum atomic E-state index is 0. The van der Waals surface area contributed by atoms with Gasteiger partial charge in [0.05, 0.1) is 0 Å². The van der Waals surface area contributed by atoms with Crippen LogP contribution in [0.3, 0.4) is 0 Å². The third kappa shape index (κ3) is 21.3. The Morgan fingerprint density at radius 1 is 0.821 bits per heavy atom. The summed E-state index contributed by atoms with van der Waals surface area (Å²) in [5.41, 5.74) is 3.87. The first-order valence-corrected chi connectivity index (χ1v) is 7.12. The van der Waals surface area contributed by atoms with E-state index in [0.717, 1.165) is 6.42 Å². The van der Waals surface area contributed by atoms with E-state index < -0.39 is 0 Å². The number of benzene rings is 2. The van der Waals surface area contributed by atoms with Crippen LogP contribution in [0.1, 0.15) is 17.5 Å². The molecule has 0 bridgehead atoms. The Morgan fingerprint density at radius 2 is 1.32 bits per heavy atom. The molecule has 0 heterocycles. The van der Waals surface area contributed by atoms with Gasteiger partial charge in [-0.05, 0) is 25.0 Å². The first-order chi connectivity index (χ1) is 10.3. The summed E-state index contributed by atoms with van der Waals surface area (Å²) in [5.74, 6) is 0. The van der Waals surface area contributed by atoms with Crippen molar-refractivity contribution in [3.05, 3.63) is 120 Å². The van der Waals surface area contributed by atoms with Gasteiger partial charge in [-0.1, -0.05) is 18.2 Å². The number of anilines is 1. The summed E-state index contributed by atoms with van der Waals surface area (Å²) in [6, 6.07) is 18.8. The zero-order valence-corrected chi connectivity index (χ0v) is 21.6. The summed E-state index contributed by atoms with van der Waals surface area (Å²) in [5, 5.41) is 3.16. The molecule has 0 spiro atoms. The molecule has 2 aromatic carbocycles. The molecule has 28 heavy (non-hydrogen) atoms. The molecule has 0 atom stereocenters. The Bertz CT molecular complexity index is 513. The SMILES string of the molecule is CNc1c(C)cccc1C.Cl.Cl.[C-]1=CC=CC1.[CH3-].[CH3-].[CH3-].[CH3-].[Ti].[c-]1ccccc1. The van der Waals surface area contributed by atoms with E-state index in [-0.39, 0.29) is 76.2 Å². The largest absolute Gasteiger partial charge is 0.388 e. The molecule has 2 aromatic rings. The summed E-state index contributed by atoms with van der Waals surface area (Å²) >= 11 is 0. The van der Waals surface area contributed by atoms with Crippen molar-refractivity contribution in [2.75, 3.05) is 12.4 Å². The van der Waals surface area contributed by atoms with Gasteiger partial charge in [-0.3, -0.25) is 6.08 Å². The van der Waals surface area contributed by atoms with Crippen molar-refractivity contribution in [1.82, 2.24) is 0 Å². The molecule has 1 aliphatic carbocycles. The standard InChI is InChI=1S/C9H13N.C6H5.C5H5.4CH3.2ClH.Ti/c1-7-5-4-6-8(2)9(7)10-3;1-2-4-6-5-3-1;1-2-4-5-3-1;;;;;;;/h4-6,10H,1-3H3;1-5H;1-3H,4H2;4*1H3;2*1H;/q;6*-1;;;. The Labute approximate surface area is 203 Å². The number of aryl methyl sites for hydroxylation is 2. The molecule has 1 nitrogen and oxygen atoms in total. The summed E-state index contributed by atoms with van der Waals surface area (Å²) < 4.78 is 0. The van der Waals surface area contributed by atoms with Gasteiger partial charge in [0.2, 0.25) is 0 Å². The van der Waals surface area contributed by atoms with Crippen LogP contribution in [0.25, 0.3) is 0 Å². The molecule has 162 valence electrons. The maximum absolute atomic E-state index is 3.16. The van der Waals surface area contributed by atoms with Crippen LogP contribution in [0.15, 0.2) is 66.8 Å². The van der Waals surface area contributed by atoms with E-state index >= 15 is 0 Å². The average Bonchev–Trinajstić information content (AvgIpc) is 3.09. The Hall–Kier alpha value is -0.986. The molecule has 0 saturated heterocycles. The predicted molar refractivity (Wildman–Crippen MR) is 132 cm³/mol. The van der Waals surface area contributed by atoms with Crippen molar-refractivity contribution in [3.63, 3.8) is 0 Å². The van der Waals surface area contributed by atoms with Gasteiger partial charge < -0.3 is 35.0 Å². The van der Waals surface area contributed by atoms with Gasteiger partial charge in [-0.2, -0.15) is 42.5 Å². The Kier molecular flexibility index (Phi) is 50.1. The van der Waals surface area contributed by atoms with Gasteiger partial charge in [-0.25, -0.2) is 12.2 Å². The fraction of sp³-hybridized carbons (Fsp3) is 0.167. The molecule has 1 N–H and O–H groups in total. The summed E-state index contributed by atoms with van der Waals surface area (Å²) in [6.45, 7) is 4.22. The zero-order chi connectivity index (χ0) is 15.3. The van der Waals surface area contributed by atoms with E-state index in [1.807, 2.05) is 49.5 Å². The number of para-hydroxylation sites is 1. The first-order valence-electron chi connectivity index (χ1n) is 7.12. The van der Waals surface area contributed by atoms with Crippen molar-refractivity contribution in [2.45, 2.75) is 20.3 Å². The molecule has 0 aliphatic heterocycles. The number of halogens is 2. The topological polar surface area (TPSA) is 12.0 Å². The van der Waals surface area contributed by atoms with Crippen LogP contribution in [0.5, 0.6) is 0 Å². The van der Waals surface area contributed by atoms with Crippen molar-refractivity contribution < 1.29 is 21.7 Å². The maximum atomic E-state index is 3.16. The van der Waals surface area contributed by atoms with Crippen LogP contribution in [-0.2, 0) is 21.7 Å². The normalized spacial score (nSPS) is 8.25. The third-order valence-corrected chi connectivity index (χ3v) is 2.92. The molecule has 3 rings (SSSR count). The number of rotatable bonds is 1. The van der Waals surface area contributed by atoms with Gasteiger partial charge in [0.1, 0.15) is 0 Å². The van der Waals surface area contributed by atoms with E-state index in [4.69, 9.17) is 0 Å². The summed E-state index contributed by atoms with van der Waals surface area (Å²) in [7, 11) is 1.95. The van der Waals surface area contributed by atoms with Crippen LogP contribution in [0.2, 0.25) is 0 Å². The number of allylic oxidation sites excluding steroid dienone is 4. The van der Waals surface area contributed by atoms with Crippen LogP contribution in [0, 0.1) is 55.7 Å². The Balaban J connectivity index is -0.0000000439. The average molecular weight is 458 g/mol. The van der Waals surface area contributed by atoms with Crippen molar-refractivity contribution in [1.29, 1.82) is 0 Å². The quantitative estimate of drug-likeness (QED) is 0.340. The number of nitrogens with one attached hydrogen (secondary N) is 1. The summed E-state index contributed by atoms with van der Waals surface area (Å²) in [4.78, 5) is 0. The monoisotopic (exact) mass is 457 g/mol. The van der Waals surface area contributed by atoms with E-state index in [0.29, 0.717) is 0 Å². The fourth-order valence-corrected chi connectivity index (χ4v) is 1.89. The second-order valence-electron chi connectivity index (χ2n) is 4.60. The molecular weight excluding hydrogens is 421 g/mol. The van der Waals surface area contributed by atoms with Gasteiger partial charge >= 0.3 is 0 Å². The predicted octanol–water partition coefficient (Wildman–Crippen LogP) is 7.78. The minimum Gasteiger partial charge on any atom is -0.388 e. The van der Waals surface area contributed by atoms with Gasteiger partial charge in [-0.15, -0.1) is 31.2 Å². The van der Waals surface area contributed by atoms with Crippen LogP contribution < -0.4 is 5.32 Å². The Morgan fingerprint density at radius 3 is 1.50 bits per heavy atom. The molecule has 0 amide bonds. The van der Waals surface area contributed by atoms with E-state index in [1.165, 1.54) is 16.8 Å². The maximum Gasteiger partial charge on any atom is 0.0396 e. The number of hydrogen-bond donors (Lipinski definition) is 1. The third-order valence-electron chi connectivity index (χ3n) is 2.92. The number of hydrogen-bond acceptors (Lipinski definition) is 1. The van der Waals surface area contributed by atoms with Gasteiger partial charge in [0, 0.05) is 34.5 Å². The van der Waals surface area contributed by atoms with Gasteiger partial charge in [0.25, 0.3) is 0 Å². The van der Waals surface area contributed by atoms with Crippen molar-refractivity contribution >= 4 is 30.5 Å². The minimum absolute atomic E-state index is 0. The van der Waals surface area contributed by atoms with E-state index in [2.05, 4.69) is 55.6 Å². The molecule has 1 aliphatic rings. The second kappa shape index (κ2) is 30.7. The van der Waals surface area contributed by atoms with Crippen LogP contribution in [0.4, 0.5) is 5.69 Å². The smallest absolute Gasteiger partial charge is 0.0396 e. The molecule has 0 fully saturated rings. The molecular formula is C24H37Cl2NTi-6. The van der Waals surface area contributed by atoms with Crippen LogP contribution >= 0.6 is 24.8 Å². The zero-order valence-electron chi connectivity index (χ0n) is 18.4. The first kappa shape index (κ1) is 45.6. The van der Waals surface area contributed by atoms with E-state index in [1.54, 1.807) is 0 Å². The fourth-order valence-electron chi connectivity index (χ4n) is 1.89. The molecule has 0 aromatic heterocycles. The summed E-state index contributed by atoms with van der Waals surface area (Å²) in [6.07, 6.45) is 10.0. The molecule has 0 saturated carbocycles. The second-order valence-corrected chi connectivity index (χ2v) is 4.60. The molecule has 4 heteroatoms. The van der Waals surface area contributed by atoms with E-state index in [9.17, 15) is 0 Å². The van der Waals surface area contributed by atoms with Gasteiger partial charge in [0.15, 0.2) is 0 Å². The molecule has 0 radical (unpaired) electrons. The molecule has 0 unspecified atom stereocenters. The van der Waals surface area contributed by atoms with Crippen LogP contribution in [-0.4, -0.2) is 7.05 Å². The van der Waals surface area contributed by atoms with Crippen molar-refractivity contribution in [3.8, 4) is 0 Å².